The summed E-state index contributed by atoms with van der Waals surface area (Å²) in [4.78, 5) is 32.8. The van der Waals surface area contributed by atoms with Crippen molar-refractivity contribution in [1.29, 1.82) is 0 Å². The lowest BCUT2D eigenvalue weighted by Gasteiger charge is -2.41. The van der Waals surface area contributed by atoms with E-state index in [1.807, 2.05) is 12.2 Å². The van der Waals surface area contributed by atoms with Crippen molar-refractivity contribution in [3.8, 4) is 0 Å². The molecule has 6 nitrogen and oxygen atoms in total. The van der Waals surface area contributed by atoms with E-state index < -0.39 is 5.41 Å². The Balaban J connectivity index is 1.29. The molecular formula is C30H28F2N4O2. The molecule has 3 aromatic rings. The molecule has 1 fully saturated rings. The van der Waals surface area contributed by atoms with Crippen LogP contribution in [0, 0.1) is 11.6 Å². The molecule has 0 saturated carbocycles. The number of hydrazine groups is 1. The van der Waals surface area contributed by atoms with Crippen LogP contribution in [0.15, 0.2) is 90.7 Å². The molecule has 2 aliphatic rings. The lowest BCUT2D eigenvalue weighted by Crippen LogP contribution is -2.54. The molecule has 5 rings (SSSR count). The molecule has 2 amide bonds. The summed E-state index contributed by atoms with van der Waals surface area (Å²) in [5, 5.41) is 0. The number of hydrogen-bond acceptors (Lipinski definition) is 4. The number of carbonyl (C=O) groups is 2. The van der Waals surface area contributed by atoms with Crippen LogP contribution in [0.5, 0.6) is 0 Å². The lowest BCUT2D eigenvalue weighted by molar-refractivity contribution is -0.134. The van der Waals surface area contributed by atoms with Crippen molar-refractivity contribution in [2.24, 2.45) is 0 Å². The molecule has 1 aromatic heterocycles. The zero-order chi connectivity index (χ0) is 26.5. The van der Waals surface area contributed by atoms with Gasteiger partial charge in [-0.3, -0.25) is 20.4 Å². The monoisotopic (exact) mass is 514 g/mol. The molecular weight excluding hydrogens is 486 g/mol. The minimum atomic E-state index is -0.928. The molecule has 2 aromatic carbocycles. The quantitative estimate of drug-likeness (QED) is 0.446. The molecule has 0 radical (unpaired) electrons. The molecule has 38 heavy (non-hydrogen) atoms. The van der Waals surface area contributed by atoms with Crippen molar-refractivity contribution in [2.45, 2.75) is 31.1 Å². The van der Waals surface area contributed by atoms with Crippen molar-refractivity contribution in [2.75, 3.05) is 18.5 Å². The van der Waals surface area contributed by atoms with Crippen LogP contribution >= 0.6 is 0 Å². The van der Waals surface area contributed by atoms with Crippen molar-refractivity contribution >= 4 is 23.2 Å². The van der Waals surface area contributed by atoms with Crippen LogP contribution in [0.4, 0.5) is 14.6 Å². The second kappa shape index (κ2) is 11.0. The number of aromatic nitrogens is 1. The van der Waals surface area contributed by atoms with Gasteiger partial charge in [0.15, 0.2) is 0 Å². The first kappa shape index (κ1) is 25.3. The lowest BCUT2D eigenvalue weighted by atomic mass is 9.72. The molecule has 0 atom stereocenters. The third-order valence-corrected chi connectivity index (χ3v) is 7.34. The zero-order valence-electron chi connectivity index (χ0n) is 20.8. The van der Waals surface area contributed by atoms with E-state index in [9.17, 15) is 18.4 Å². The van der Waals surface area contributed by atoms with Crippen molar-refractivity contribution < 1.29 is 18.4 Å². The number of piperidine rings is 1. The first-order chi connectivity index (χ1) is 18.4. The highest BCUT2D eigenvalue weighted by molar-refractivity contribution is 5.96. The average Bonchev–Trinajstić information content (AvgIpc) is 2.97. The molecule has 0 spiro atoms. The number of benzene rings is 2. The summed E-state index contributed by atoms with van der Waals surface area (Å²) in [5.41, 5.74) is 8.11. The summed E-state index contributed by atoms with van der Waals surface area (Å²) in [5.74, 6) is -0.454. The van der Waals surface area contributed by atoms with E-state index in [0.29, 0.717) is 55.7 Å². The smallest absolute Gasteiger partial charge is 0.249 e. The molecule has 0 unspecified atom stereocenters. The average molecular weight is 515 g/mol. The standard InChI is InChI=1S/C30H28F2N4O2/c31-25-12-8-22(9-13-25)21-4-6-23(7-5-21)28(37)36-19-16-30(17-20-36,24-10-14-26(32)15-11-24)29(38)35-34-27-3-1-2-18-33-27/h1-4,6,8-15,18H,5,7,16-17,19-20H2,(H,33,34)(H,35,38). The van der Waals surface area contributed by atoms with Crippen molar-refractivity contribution in [3.63, 3.8) is 0 Å². The molecule has 194 valence electrons. The molecule has 1 saturated heterocycles. The summed E-state index contributed by atoms with van der Waals surface area (Å²) in [7, 11) is 0. The predicted molar refractivity (Wildman–Crippen MR) is 142 cm³/mol. The second-order valence-corrected chi connectivity index (χ2v) is 9.57. The summed E-state index contributed by atoms with van der Waals surface area (Å²) in [6, 6.07) is 17.7. The van der Waals surface area contributed by atoms with Gasteiger partial charge in [-0.05, 0) is 78.8 Å². The van der Waals surface area contributed by atoms with E-state index >= 15 is 0 Å². The first-order valence-electron chi connectivity index (χ1n) is 12.6. The maximum absolute atomic E-state index is 13.7. The Morgan fingerprint density at radius 2 is 1.53 bits per heavy atom. The normalized spacial score (nSPS) is 16.7. The molecule has 2 heterocycles. The first-order valence-corrected chi connectivity index (χ1v) is 12.6. The van der Waals surface area contributed by atoms with Gasteiger partial charge in [0, 0.05) is 24.9 Å². The third-order valence-electron chi connectivity index (χ3n) is 7.34. The number of amides is 2. The van der Waals surface area contributed by atoms with Crippen LogP contribution in [0.3, 0.4) is 0 Å². The largest absolute Gasteiger partial charge is 0.339 e. The number of halogens is 2. The van der Waals surface area contributed by atoms with E-state index in [2.05, 4.69) is 15.8 Å². The maximum atomic E-state index is 13.7. The van der Waals surface area contributed by atoms with Crippen LogP contribution in [0.1, 0.15) is 36.8 Å². The molecule has 0 bridgehead atoms. The maximum Gasteiger partial charge on any atom is 0.249 e. The minimum Gasteiger partial charge on any atom is -0.339 e. The van der Waals surface area contributed by atoms with Crippen LogP contribution in [0.25, 0.3) is 5.57 Å². The number of likely N-dealkylation sites (tertiary alicyclic amines) is 1. The molecule has 1 aliphatic carbocycles. The van der Waals surface area contributed by atoms with Gasteiger partial charge in [-0.1, -0.05) is 42.5 Å². The Morgan fingerprint density at radius 3 is 2.13 bits per heavy atom. The van der Waals surface area contributed by atoms with Gasteiger partial charge in [-0.2, -0.15) is 0 Å². The van der Waals surface area contributed by atoms with Gasteiger partial charge in [-0.15, -0.1) is 0 Å². The Morgan fingerprint density at radius 1 is 0.842 bits per heavy atom. The Kier molecular flexibility index (Phi) is 7.31. The van der Waals surface area contributed by atoms with E-state index in [-0.39, 0.29) is 23.4 Å². The number of anilines is 1. The highest BCUT2D eigenvalue weighted by Crippen LogP contribution is 2.37. The summed E-state index contributed by atoms with van der Waals surface area (Å²) < 4.78 is 26.9. The number of carbonyl (C=O) groups excluding carboxylic acids is 2. The van der Waals surface area contributed by atoms with Crippen molar-refractivity contribution in [3.05, 3.63) is 113 Å². The summed E-state index contributed by atoms with van der Waals surface area (Å²) in [6.07, 6.45) is 7.46. The second-order valence-electron chi connectivity index (χ2n) is 9.57. The van der Waals surface area contributed by atoms with Crippen molar-refractivity contribution in [1.82, 2.24) is 15.3 Å². The van der Waals surface area contributed by atoms with Gasteiger partial charge in [0.1, 0.15) is 17.5 Å². The number of rotatable bonds is 6. The zero-order valence-corrected chi connectivity index (χ0v) is 20.8. The Labute approximate surface area is 220 Å². The van der Waals surface area contributed by atoms with Gasteiger partial charge in [0.25, 0.3) is 0 Å². The topological polar surface area (TPSA) is 74.3 Å². The fraction of sp³-hybridized carbons (Fsp3) is 0.233. The van der Waals surface area contributed by atoms with Gasteiger partial charge < -0.3 is 4.90 Å². The van der Waals surface area contributed by atoms with E-state index in [1.165, 1.54) is 24.3 Å². The highest BCUT2D eigenvalue weighted by atomic mass is 19.1. The fourth-order valence-electron chi connectivity index (χ4n) is 5.11. The number of nitrogens with one attached hydrogen (secondary N) is 2. The third kappa shape index (κ3) is 5.34. The Hall–Kier alpha value is -4.33. The van der Waals surface area contributed by atoms with Crippen LogP contribution in [0.2, 0.25) is 0 Å². The van der Waals surface area contributed by atoms with Crippen LogP contribution < -0.4 is 10.9 Å². The molecule has 2 N–H and O–H groups in total. The number of nitrogens with zero attached hydrogens (tertiary/aromatic N) is 2. The number of allylic oxidation sites excluding steroid dienone is 3. The van der Waals surface area contributed by atoms with Gasteiger partial charge in [0.05, 0.1) is 5.41 Å². The SMILES string of the molecule is O=C(C1=CC=C(c2ccc(F)cc2)CC1)N1CCC(C(=O)NNc2ccccn2)(c2ccc(F)cc2)CC1. The minimum absolute atomic E-state index is 0.0425. The molecule has 8 heteroatoms. The number of hydrogen-bond donors (Lipinski definition) is 2. The van der Waals surface area contributed by atoms with Gasteiger partial charge in [-0.25, -0.2) is 13.8 Å². The van der Waals surface area contributed by atoms with E-state index in [0.717, 1.165) is 11.1 Å². The molecule has 1 aliphatic heterocycles. The fourth-order valence-corrected chi connectivity index (χ4v) is 5.11. The van der Waals surface area contributed by atoms with E-state index in [1.54, 1.807) is 53.6 Å². The van der Waals surface area contributed by atoms with Gasteiger partial charge >= 0.3 is 0 Å². The highest BCUT2D eigenvalue weighted by Gasteiger charge is 2.44. The van der Waals surface area contributed by atoms with E-state index in [4.69, 9.17) is 0 Å². The summed E-state index contributed by atoms with van der Waals surface area (Å²) >= 11 is 0. The Bertz CT molecular complexity index is 1360. The number of pyridine rings is 1. The summed E-state index contributed by atoms with van der Waals surface area (Å²) in [6.45, 7) is 0.776. The van der Waals surface area contributed by atoms with Crippen LogP contribution in [-0.2, 0) is 15.0 Å². The predicted octanol–water partition coefficient (Wildman–Crippen LogP) is 5.17. The van der Waals surface area contributed by atoms with Crippen LogP contribution in [-0.4, -0.2) is 34.8 Å². The van der Waals surface area contributed by atoms with Gasteiger partial charge in [0.2, 0.25) is 11.8 Å².